The van der Waals surface area contributed by atoms with Crippen molar-refractivity contribution >= 4 is 29.1 Å². The minimum atomic E-state index is -0.911. The average Bonchev–Trinajstić information content (AvgIpc) is 2.74. The first-order valence-corrected chi connectivity index (χ1v) is 12.8. The van der Waals surface area contributed by atoms with Crippen LogP contribution in [0.5, 0.6) is 5.75 Å². The third-order valence-electron chi connectivity index (χ3n) is 7.22. The van der Waals surface area contributed by atoms with Gasteiger partial charge in [-0.2, -0.15) is 0 Å². The van der Waals surface area contributed by atoms with Crippen molar-refractivity contribution in [3.63, 3.8) is 0 Å². The number of allylic oxidation sites excluding steroid dienone is 4. The summed E-state index contributed by atoms with van der Waals surface area (Å²) in [6, 6.07) is 5.43. The Kier molecular flexibility index (Phi) is 6.95. The summed E-state index contributed by atoms with van der Waals surface area (Å²) in [4.78, 5) is 41.0. The van der Waals surface area contributed by atoms with Crippen molar-refractivity contribution in [3.8, 4) is 5.75 Å². The van der Waals surface area contributed by atoms with E-state index in [1.807, 2.05) is 11.0 Å². The average molecular weight is 512 g/mol. The molecule has 4 rings (SSSR count). The van der Waals surface area contributed by atoms with Crippen molar-refractivity contribution < 1.29 is 24.2 Å². The summed E-state index contributed by atoms with van der Waals surface area (Å²) in [5, 5.41) is 9.87. The maximum atomic E-state index is 13.7. The van der Waals surface area contributed by atoms with E-state index < -0.39 is 11.9 Å². The molecule has 2 aliphatic carbocycles. The van der Waals surface area contributed by atoms with Gasteiger partial charge in [-0.25, -0.2) is 0 Å². The summed E-state index contributed by atoms with van der Waals surface area (Å²) in [5.74, 6) is -0.937. The highest BCUT2D eigenvalue weighted by Gasteiger charge is 2.49. The standard InChI is InChI=1S/C29H34ClNO5/c1-6-11-36-23-8-7-17(12-18(23)30)25-26-19(13-28(2,3)15-21(26)32)31(10-9-24(34)35)20-14-29(4,5)16-22(33)27(20)25/h6-8,12,25H,1,9-11,13-16H2,2-5H3,(H,34,35). The Morgan fingerprint density at radius 3 is 2.11 bits per heavy atom. The number of hydrogen-bond acceptors (Lipinski definition) is 5. The number of ether oxygens (including phenoxy) is 1. The normalized spacial score (nSPS) is 21.3. The minimum absolute atomic E-state index is 0.00105. The molecule has 0 bridgehead atoms. The van der Waals surface area contributed by atoms with E-state index in [1.54, 1.807) is 18.2 Å². The fraction of sp³-hybridized carbons (Fsp3) is 0.483. The van der Waals surface area contributed by atoms with Gasteiger partial charge in [0.1, 0.15) is 12.4 Å². The molecule has 0 saturated heterocycles. The van der Waals surface area contributed by atoms with Crippen LogP contribution in [-0.4, -0.2) is 40.7 Å². The molecule has 0 aromatic heterocycles. The molecule has 1 heterocycles. The zero-order valence-electron chi connectivity index (χ0n) is 21.4. The summed E-state index contributed by atoms with van der Waals surface area (Å²) >= 11 is 6.57. The molecule has 6 nitrogen and oxygen atoms in total. The van der Waals surface area contributed by atoms with E-state index >= 15 is 0 Å². The van der Waals surface area contributed by atoms with Gasteiger partial charge < -0.3 is 14.7 Å². The van der Waals surface area contributed by atoms with Crippen molar-refractivity contribution in [2.24, 2.45) is 10.8 Å². The van der Waals surface area contributed by atoms with Crippen molar-refractivity contribution in [2.75, 3.05) is 13.2 Å². The van der Waals surface area contributed by atoms with Gasteiger partial charge in [0, 0.05) is 47.8 Å². The molecule has 192 valence electrons. The van der Waals surface area contributed by atoms with Crippen LogP contribution in [-0.2, 0) is 14.4 Å². The molecule has 0 radical (unpaired) electrons. The molecule has 1 aromatic carbocycles. The number of hydrogen-bond donors (Lipinski definition) is 1. The number of carboxylic acid groups (broad SMARTS) is 1. The van der Waals surface area contributed by atoms with Gasteiger partial charge in [-0.1, -0.05) is 58.0 Å². The molecule has 3 aliphatic rings. The first-order chi connectivity index (χ1) is 16.8. The second-order valence-electron chi connectivity index (χ2n) is 11.6. The Hall–Kier alpha value is -2.86. The lowest BCUT2D eigenvalue weighted by Gasteiger charge is -2.49. The molecular weight excluding hydrogens is 478 g/mol. The van der Waals surface area contributed by atoms with Crippen molar-refractivity contribution in [3.05, 3.63) is 64.0 Å². The molecule has 1 aromatic rings. The van der Waals surface area contributed by atoms with Gasteiger partial charge in [0.2, 0.25) is 0 Å². The Balaban J connectivity index is 1.94. The van der Waals surface area contributed by atoms with Crippen LogP contribution in [0.3, 0.4) is 0 Å². The smallest absolute Gasteiger partial charge is 0.305 e. The molecule has 0 fully saturated rings. The number of Topliss-reactive ketones (excluding diaryl/α,β-unsaturated/α-hetero) is 2. The molecule has 36 heavy (non-hydrogen) atoms. The van der Waals surface area contributed by atoms with E-state index in [0.717, 1.165) is 17.0 Å². The molecule has 0 atom stereocenters. The summed E-state index contributed by atoms with van der Waals surface area (Å²) in [6.45, 7) is 12.4. The van der Waals surface area contributed by atoms with Crippen LogP contribution in [0.25, 0.3) is 0 Å². The van der Waals surface area contributed by atoms with Crippen LogP contribution >= 0.6 is 11.6 Å². The molecular formula is C29H34ClNO5. The Morgan fingerprint density at radius 2 is 1.64 bits per heavy atom. The van der Waals surface area contributed by atoms with E-state index in [4.69, 9.17) is 16.3 Å². The van der Waals surface area contributed by atoms with Crippen LogP contribution in [0.15, 0.2) is 53.4 Å². The molecule has 1 N–H and O–H groups in total. The highest BCUT2D eigenvalue weighted by molar-refractivity contribution is 6.32. The zero-order chi connectivity index (χ0) is 26.4. The van der Waals surface area contributed by atoms with Gasteiger partial charge in [-0.05, 0) is 41.4 Å². The third kappa shape index (κ3) is 5.01. The van der Waals surface area contributed by atoms with Crippen LogP contribution in [0.1, 0.15) is 71.3 Å². The number of carboxylic acids is 1. The summed E-state index contributed by atoms with van der Waals surface area (Å²) < 4.78 is 5.64. The first-order valence-electron chi connectivity index (χ1n) is 12.4. The lowest BCUT2D eigenvalue weighted by atomic mass is 9.63. The summed E-state index contributed by atoms with van der Waals surface area (Å²) in [5.41, 5.74) is 3.11. The number of carbonyl (C=O) groups is 3. The SMILES string of the molecule is C=CCOc1ccc(C2C3=C(CC(C)(C)CC3=O)N(CCC(=O)O)C3=C2C(=O)CC(C)(C)C3)cc1Cl. The predicted molar refractivity (Wildman–Crippen MR) is 139 cm³/mol. The second kappa shape index (κ2) is 9.55. The Labute approximate surface area is 217 Å². The minimum Gasteiger partial charge on any atom is -0.488 e. The van der Waals surface area contributed by atoms with Gasteiger partial charge in [-0.15, -0.1) is 0 Å². The third-order valence-corrected chi connectivity index (χ3v) is 7.51. The largest absolute Gasteiger partial charge is 0.488 e. The van der Waals surface area contributed by atoms with Crippen LogP contribution in [0.4, 0.5) is 0 Å². The maximum absolute atomic E-state index is 13.7. The molecule has 0 unspecified atom stereocenters. The number of ketones is 2. The quantitative estimate of drug-likeness (QED) is 0.447. The molecule has 7 heteroatoms. The lowest BCUT2D eigenvalue weighted by molar-refractivity contribution is -0.137. The fourth-order valence-electron chi connectivity index (χ4n) is 5.82. The van der Waals surface area contributed by atoms with Crippen molar-refractivity contribution in [2.45, 2.75) is 65.7 Å². The molecule has 0 amide bonds. The second-order valence-corrected chi connectivity index (χ2v) is 12.0. The van der Waals surface area contributed by atoms with E-state index in [-0.39, 0.29) is 35.4 Å². The van der Waals surface area contributed by atoms with Gasteiger partial charge in [0.05, 0.1) is 11.4 Å². The molecule has 1 aliphatic heterocycles. The van der Waals surface area contributed by atoms with Gasteiger partial charge in [0.25, 0.3) is 0 Å². The highest BCUT2D eigenvalue weighted by Crippen LogP contribution is 2.54. The van der Waals surface area contributed by atoms with Gasteiger partial charge >= 0.3 is 5.97 Å². The van der Waals surface area contributed by atoms with E-state index in [9.17, 15) is 19.5 Å². The molecule has 0 saturated carbocycles. The Bertz CT molecular complexity index is 1150. The Morgan fingerprint density at radius 1 is 1.08 bits per heavy atom. The highest BCUT2D eigenvalue weighted by atomic mass is 35.5. The van der Waals surface area contributed by atoms with E-state index in [2.05, 4.69) is 34.3 Å². The lowest BCUT2D eigenvalue weighted by Crippen LogP contribution is -2.45. The first kappa shape index (κ1) is 26.2. The summed E-state index contributed by atoms with van der Waals surface area (Å²) in [7, 11) is 0. The number of carbonyl (C=O) groups excluding carboxylic acids is 2. The monoisotopic (exact) mass is 511 g/mol. The van der Waals surface area contributed by atoms with Gasteiger partial charge in [0.15, 0.2) is 11.6 Å². The topological polar surface area (TPSA) is 83.9 Å². The number of nitrogens with zero attached hydrogens (tertiary/aromatic N) is 1. The summed E-state index contributed by atoms with van der Waals surface area (Å²) in [6.07, 6.45) is 3.55. The predicted octanol–water partition coefficient (Wildman–Crippen LogP) is 6.07. The zero-order valence-corrected chi connectivity index (χ0v) is 22.2. The number of aliphatic carboxylic acids is 1. The van der Waals surface area contributed by atoms with Gasteiger partial charge in [-0.3, -0.25) is 14.4 Å². The van der Waals surface area contributed by atoms with Crippen LogP contribution in [0, 0.1) is 10.8 Å². The number of halogens is 1. The number of rotatable bonds is 7. The van der Waals surface area contributed by atoms with Crippen LogP contribution < -0.4 is 4.74 Å². The van der Waals surface area contributed by atoms with Crippen molar-refractivity contribution in [1.29, 1.82) is 0 Å². The van der Waals surface area contributed by atoms with Crippen LogP contribution in [0.2, 0.25) is 5.02 Å². The van der Waals surface area contributed by atoms with Crippen molar-refractivity contribution in [1.82, 2.24) is 4.90 Å². The van der Waals surface area contributed by atoms with E-state index in [0.29, 0.717) is 54.2 Å². The van der Waals surface area contributed by atoms with E-state index in [1.165, 1.54) is 0 Å². The number of benzene rings is 1. The fourth-order valence-corrected chi connectivity index (χ4v) is 6.06. The molecule has 0 spiro atoms. The maximum Gasteiger partial charge on any atom is 0.305 e.